The van der Waals surface area contributed by atoms with Gasteiger partial charge in [0.2, 0.25) is 0 Å². The number of hydrogen-bond donors (Lipinski definition) is 1. The van der Waals surface area contributed by atoms with Crippen molar-refractivity contribution in [3.8, 4) is 0 Å². The van der Waals surface area contributed by atoms with Gasteiger partial charge >= 0.3 is 0 Å². The fraction of sp³-hybridized carbons (Fsp3) is 0.0714. The third kappa shape index (κ3) is 3.11. The van der Waals surface area contributed by atoms with Crippen molar-refractivity contribution in [3.05, 3.63) is 65.7 Å². The summed E-state index contributed by atoms with van der Waals surface area (Å²) in [5.74, 6) is -0.142. The predicted octanol–water partition coefficient (Wildman–Crippen LogP) is 3.77. The van der Waals surface area contributed by atoms with Gasteiger partial charge in [-0.3, -0.25) is 10.2 Å². The van der Waals surface area contributed by atoms with Crippen LogP contribution in [-0.4, -0.2) is 9.94 Å². The smallest absolute Gasteiger partial charge is 0.282 e. The maximum Gasteiger partial charge on any atom is 0.282 e. The van der Waals surface area contributed by atoms with E-state index in [4.69, 9.17) is 0 Å². The van der Waals surface area contributed by atoms with Gasteiger partial charge in [0.1, 0.15) is 0 Å². The van der Waals surface area contributed by atoms with E-state index in [0.29, 0.717) is 5.56 Å². The zero-order chi connectivity index (χ0) is 13.0. The van der Waals surface area contributed by atoms with Crippen LogP contribution in [0.4, 0.5) is 5.69 Å². The second-order valence-corrected chi connectivity index (χ2v) is 4.64. The molecular weight excluding hydrogens is 292 g/mol. The third-order valence-electron chi connectivity index (χ3n) is 2.48. The number of halogens is 1. The van der Waals surface area contributed by atoms with Crippen LogP contribution in [0.1, 0.15) is 15.9 Å². The summed E-state index contributed by atoms with van der Waals surface area (Å²) in [6.45, 7) is 2.02. The number of nitrogens with zero attached hydrogens (tertiary/aromatic N) is 1. The number of carbonyl (C=O) groups is 1. The van der Waals surface area contributed by atoms with E-state index in [1.165, 1.54) is 9.60 Å². The summed E-state index contributed by atoms with van der Waals surface area (Å²) in [5, 5.41) is 0. The molecule has 0 fully saturated rings. The quantitative estimate of drug-likeness (QED) is 0.691. The molecule has 0 unspecified atom stereocenters. The van der Waals surface area contributed by atoms with Crippen LogP contribution < -0.4 is 5.43 Å². The zero-order valence-electron chi connectivity index (χ0n) is 9.93. The fourth-order valence-electron chi connectivity index (χ4n) is 1.49. The van der Waals surface area contributed by atoms with Gasteiger partial charge in [0.15, 0.2) is 0 Å². The van der Waals surface area contributed by atoms with Gasteiger partial charge in [-0.25, -0.2) is 0 Å². The Hall–Kier alpha value is -1.81. The van der Waals surface area contributed by atoms with Crippen LogP contribution in [0.3, 0.4) is 0 Å². The van der Waals surface area contributed by atoms with Gasteiger partial charge < -0.3 is 0 Å². The Labute approximate surface area is 115 Å². The highest BCUT2D eigenvalue weighted by atomic mass is 79.9. The maximum atomic E-state index is 12.0. The first kappa shape index (κ1) is 12.6. The molecule has 0 aliphatic heterocycles. The van der Waals surface area contributed by atoms with Crippen molar-refractivity contribution in [1.82, 2.24) is 4.03 Å². The molecule has 0 radical (unpaired) electrons. The van der Waals surface area contributed by atoms with Crippen molar-refractivity contribution in [1.29, 1.82) is 0 Å². The lowest BCUT2D eigenvalue weighted by Crippen LogP contribution is -2.26. The van der Waals surface area contributed by atoms with Crippen molar-refractivity contribution >= 4 is 27.7 Å². The molecule has 0 saturated carbocycles. The fourth-order valence-corrected chi connectivity index (χ4v) is 1.90. The number of benzene rings is 2. The number of nitrogens with one attached hydrogen (secondary N) is 1. The number of hydrogen-bond acceptors (Lipinski definition) is 2. The standard InChI is InChI=1S/C14H13BrN2O/c1-11-7-9-13(10-8-11)16-17(15)14(18)12-5-3-2-4-6-12/h2-10,16H,1H3. The Balaban J connectivity index is 2.06. The summed E-state index contributed by atoms with van der Waals surface area (Å²) in [4.78, 5) is 12.0. The van der Waals surface area contributed by atoms with Crippen LogP contribution >= 0.6 is 16.1 Å². The number of hydrazine groups is 1. The zero-order valence-corrected chi connectivity index (χ0v) is 11.5. The largest absolute Gasteiger partial charge is 0.285 e. The lowest BCUT2D eigenvalue weighted by atomic mass is 10.2. The molecule has 0 atom stereocenters. The molecule has 2 rings (SSSR count). The summed E-state index contributed by atoms with van der Waals surface area (Å²) < 4.78 is 1.30. The van der Waals surface area contributed by atoms with E-state index in [1.807, 2.05) is 49.4 Å². The average Bonchev–Trinajstić information content (AvgIpc) is 2.41. The van der Waals surface area contributed by atoms with Crippen LogP contribution in [0.25, 0.3) is 0 Å². The Kier molecular flexibility index (Phi) is 3.99. The minimum Gasteiger partial charge on any atom is -0.285 e. The molecule has 3 nitrogen and oxygen atoms in total. The Morgan fingerprint density at radius 3 is 2.28 bits per heavy atom. The normalized spacial score (nSPS) is 9.89. The molecule has 0 heterocycles. The molecule has 0 aliphatic carbocycles. The average molecular weight is 305 g/mol. The van der Waals surface area contributed by atoms with Crippen molar-refractivity contribution in [3.63, 3.8) is 0 Å². The molecule has 18 heavy (non-hydrogen) atoms. The van der Waals surface area contributed by atoms with Crippen LogP contribution in [0.15, 0.2) is 54.6 Å². The summed E-state index contributed by atoms with van der Waals surface area (Å²) in [5.41, 5.74) is 5.61. The molecule has 0 aromatic heterocycles. The Morgan fingerprint density at radius 1 is 1.06 bits per heavy atom. The molecule has 0 saturated heterocycles. The van der Waals surface area contributed by atoms with Gasteiger partial charge in [0, 0.05) is 5.56 Å². The maximum absolute atomic E-state index is 12.0. The van der Waals surface area contributed by atoms with E-state index in [9.17, 15) is 4.79 Å². The molecule has 4 heteroatoms. The highest BCUT2D eigenvalue weighted by Gasteiger charge is 2.12. The summed E-state index contributed by atoms with van der Waals surface area (Å²) in [6, 6.07) is 16.9. The Bertz CT molecular complexity index is 525. The number of rotatable bonds is 3. The highest BCUT2D eigenvalue weighted by molar-refractivity contribution is 9.07. The third-order valence-corrected chi connectivity index (χ3v) is 2.98. The van der Waals surface area contributed by atoms with Gasteiger partial charge in [-0.15, -0.1) is 0 Å². The molecule has 92 valence electrons. The molecule has 1 N–H and O–H groups in total. The van der Waals surface area contributed by atoms with Crippen LogP contribution in [0.2, 0.25) is 0 Å². The van der Waals surface area contributed by atoms with E-state index in [2.05, 4.69) is 21.6 Å². The van der Waals surface area contributed by atoms with Crippen molar-refractivity contribution in [2.24, 2.45) is 0 Å². The lowest BCUT2D eigenvalue weighted by molar-refractivity contribution is 0.0897. The lowest BCUT2D eigenvalue weighted by Gasteiger charge is -2.16. The predicted molar refractivity (Wildman–Crippen MR) is 76.3 cm³/mol. The highest BCUT2D eigenvalue weighted by Crippen LogP contribution is 2.14. The monoisotopic (exact) mass is 304 g/mol. The van der Waals surface area contributed by atoms with Gasteiger partial charge in [-0.1, -0.05) is 35.9 Å². The SMILES string of the molecule is Cc1ccc(NN(Br)C(=O)c2ccccc2)cc1. The van der Waals surface area contributed by atoms with Gasteiger partial charge in [-0.05, 0) is 31.2 Å². The summed E-state index contributed by atoms with van der Waals surface area (Å²) in [7, 11) is 0. The molecule has 1 amide bonds. The summed E-state index contributed by atoms with van der Waals surface area (Å²) >= 11 is 3.21. The Morgan fingerprint density at radius 2 is 1.67 bits per heavy atom. The molecular formula is C14H13BrN2O. The number of aryl methyl sites for hydroxylation is 1. The minimum absolute atomic E-state index is 0.142. The van der Waals surface area contributed by atoms with Crippen LogP contribution in [0.5, 0.6) is 0 Å². The molecule has 2 aromatic carbocycles. The topological polar surface area (TPSA) is 32.3 Å². The number of anilines is 1. The summed E-state index contributed by atoms with van der Waals surface area (Å²) in [6.07, 6.45) is 0. The number of carbonyl (C=O) groups excluding carboxylic acids is 1. The second-order valence-electron chi connectivity index (χ2n) is 3.93. The molecule has 0 bridgehead atoms. The van der Waals surface area contributed by atoms with Crippen LogP contribution in [0, 0.1) is 6.92 Å². The van der Waals surface area contributed by atoms with Crippen molar-refractivity contribution < 1.29 is 4.79 Å². The first-order valence-electron chi connectivity index (χ1n) is 5.55. The van der Waals surface area contributed by atoms with E-state index < -0.39 is 0 Å². The van der Waals surface area contributed by atoms with Gasteiger partial charge in [0.25, 0.3) is 5.91 Å². The number of amides is 1. The van der Waals surface area contributed by atoms with E-state index in [0.717, 1.165) is 5.69 Å². The van der Waals surface area contributed by atoms with Gasteiger partial charge in [0.05, 0.1) is 21.8 Å². The van der Waals surface area contributed by atoms with E-state index in [-0.39, 0.29) is 5.91 Å². The first-order valence-corrected chi connectivity index (χ1v) is 6.26. The molecule has 2 aromatic rings. The van der Waals surface area contributed by atoms with Crippen molar-refractivity contribution in [2.45, 2.75) is 6.92 Å². The second kappa shape index (κ2) is 5.69. The molecule has 0 spiro atoms. The van der Waals surface area contributed by atoms with Crippen molar-refractivity contribution in [2.75, 3.05) is 5.43 Å². The first-order chi connectivity index (χ1) is 8.66. The molecule has 0 aliphatic rings. The van der Waals surface area contributed by atoms with Crippen LogP contribution in [-0.2, 0) is 0 Å². The van der Waals surface area contributed by atoms with E-state index in [1.54, 1.807) is 12.1 Å². The minimum atomic E-state index is -0.142. The van der Waals surface area contributed by atoms with E-state index >= 15 is 0 Å². The van der Waals surface area contributed by atoms with Gasteiger partial charge in [-0.2, -0.15) is 4.03 Å².